The summed E-state index contributed by atoms with van der Waals surface area (Å²) in [6.45, 7) is 5.88. The summed E-state index contributed by atoms with van der Waals surface area (Å²) < 4.78 is 40.2. The average Bonchev–Trinajstić information content (AvgIpc) is 3.40. The van der Waals surface area contributed by atoms with Gasteiger partial charge in [0.15, 0.2) is 6.10 Å². The molecule has 1 amide bonds. The predicted molar refractivity (Wildman–Crippen MR) is 156 cm³/mol. The molecule has 0 saturated carbocycles. The first-order valence-corrected chi connectivity index (χ1v) is 15.0. The Morgan fingerprint density at radius 3 is 2.42 bits per heavy atom. The molecule has 0 saturated heterocycles. The van der Waals surface area contributed by atoms with Crippen molar-refractivity contribution < 1.29 is 22.7 Å². The fourth-order valence-electron chi connectivity index (χ4n) is 4.13. The normalized spacial score (nSPS) is 15.2. The first kappa shape index (κ1) is 27.9. The molecule has 0 bridgehead atoms. The van der Waals surface area contributed by atoms with E-state index in [4.69, 9.17) is 21.1 Å². The summed E-state index contributed by atoms with van der Waals surface area (Å²) in [6, 6.07) is 18.6. The maximum Gasteiger partial charge on any atom is 0.269 e. The molecule has 1 unspecified atom stereocenters. The Hall–Kier alpha value is -3.67. The molecule has 1 N–H and O–H groups in total. The summed E-state index contributed by atoms with van der Waals surface area (Å²) in [6.07, 6.45) is -1.14. The lowest BCUT2D eigenvalue weighted by molar-refractivity contribution is -0.122. The van der Waals surface area contributed by atoms with Crippen LogP contribution in [0.1, 0.15) is 26.3 Å². The van der Waals surface area contributed by atoms with E-state index >= 15 is 0 Å². The molecule has 1 aliphatic heterocycles. The van der Waals surface area contributed by atoms with Crippen LogP contribution in [0, 0.1) is 0 Å². The van der Waals surface area contributed by atoms with E-state index < -0.39 is 22.0 Å². The molecule has 1 aromatic heterocycles. The van der Waals surface area contributed by atoms with Gasteiger partial charge in [-0.3, -0.25) is 14.4 Å². The average molecular weight is 599 g/mol. The summed E-state index contributed by atoms with van der Waals surface area (Å²) in [5.41, 5.74) is 1.86. The number of aromatic nitrogens is 2. The number of nitrogens with one attached hydrogen (secondary N) is 1. The van der Waals surface area contributed by atoms with Crippen molar-refractivity contribution >= 4 is 49.7 Å². The van der Waals surface area contributed by atoms with Crippen molar-refractivity contribution in [1.82, 2.24) is 10.2 Å². The highest BCUT2D eigenvalue weighted by atomic mass is 35.5. The van der Waals surface area contributed by atoms with Gasteiger partial charge in [0.1, 0.15) is 16.5 Å². The lowest BCUT2D eigenvalue weighted by Crippen LogP contribution is -2.49. The van der Waals surface area contributed by atoms with Gasteiger partial charge in [-0.2, -0.15) is 0 Å². The van der Waals surface area contributed by atoms with Gasteiger partial charge in [0.2, 0.25) is 5.13 Å². The van der Waals surface area contributed by atoms with Crippen LogP contribution >= 0.6 is 22.9 Å². The van der Waals surface area contributed by atoms with Crippen LogP contribution in [0.3, 0.4) is 0 Å². The Balaban J connectivity index is 1.46. The topological polar surface area (TPSA) is 111 Å². The number of methoxy groups -OCH3 is 1. The molecule has 2 heterocycles. The number of ether oxygens (including phenoxy) is 2. The van der Waals surface area contributed by atoms with Crippen LogP contribution in [0.4, 0.5) is 10.8 Å². The number of benzene rings is 3. The SMILES string of the molecule is COc1ccc(S(=O)(=O)N2CC(C(=O)Nc3nnc(-c4ccc(Cl)cc4)s3)Oc3ccc(C(C)(C)C)cc32)cc1. The summed E-state index contributed by atoms with van der Waals surface area (Å²) >= 11 is 7.15. The number of halogens is 1. The molecule has 0 radical (unpaired) electrons. The maximum atomic E-state index is 13.9. The van der Waals surface area contributed by atoms with Crippen LogP contribution in [-0.4, -0.2) is 44.3 Å². The minimum Gasteiger partial charge on any atom is -0.497 e. The summed E-state index contributed by atoms with van der Waals surface area (Å²) in [5.74, 6) is 0.276. The van der Waals surface area contributed by atoms with E-state index in [0.29, 0.717) is 21.5 Å². The van der Waals surface area contributed by atoms with Crippen LogP contribution in [0.15, 0.2) is 71.6 Å². The Bertz CT molecular complexity index is 1650. The smallest absolute Gasteiger partial charge is 0.269 e. The number of sulfonamides is 1. The fraction of sp³-hybridized carbons (Fsp3) is 0.250. The molecular formula is C28H27ClN4O5S2. The van der Waals surface area contributed by atoms with Gasteiger partial charge >= 0.3 is 0 Å². The van der Waals surface area contributed by atoms with E-state index in [1.165, 1.54) is 34.9 Å². The van der Waals surface area contributed by atoms with E-state index in [1.54, 1.807) is 36.4 Å². The third-order valence-electron chi connectivity index (χ3n) is 6.38. The standard InChI is InChI=1S/C28H27ClN4O5S2/c1-28(2,3)18-7-14-23-22(15-18)33(40(35,36)21-12-10-20(37-4)11-13-21)16-24(38-23)25(34)30-27-32-31-26(39-27)17-5-8-19(29)9-6-17/h5-15,24H,16H2,1-4H3,(H,30,32,34). The number of carbonyl (C=O) groups excluding carboxylic acids is 1. The number of rotatable bonds is 6. The van der Waals surface area contributed by atoms with Crippen LogP contribution in [0.25, 0.3) is 10.6 Å². The van der Waals surface area contributed by atoms with Gasteiger partial charge in [0.05, 0.1) is 24.2 Å². The molecule has 9 nitrogen and oxygen atoms in total. The van der Waals surface area contributed by atoms with Crippen molar-refractivity contribution in [2.75, 3.05) is 23.3 Å². The lowest BCUT2D eigenvalue weighted by atomic mass is 9.86. The Kier molecular flexibility index (Phi) is 7.47. The molecule has 3 aromatic carbocycles. The van der Waals surface area contributed by atoms with E-state index in [1.807, 2.05) is 39.0 Å². The van der Waals surface area contributed by atoms with E-state index in [2.05, 4.69) is 15.5 Å². The zero-order valence-electron chi connectivity index (χ0n) is 22.2. The fourth-order valence-corrected chi connectivity index (χ4v) is 6.47. The number of fused-ring (bicyclic) bond motifs is 1. The second kappa shape index (κ2) is 10.7. The third kappa shape index (κ3) is 5.63. The Labute approximate surface area is 241 Å². The zero-order chi connectivity index (χ0) is 28.7. The first-order valence-electron chi connectivity index (χ1n) is 12.3. The van der Waals surface area contributed by atoms with Gasteiger partial charge in [-0.15, -0.1) is 10.2 Å². The van der Waals surface area contributed by atoms with E-state index in [9.17, 15) is 13.2 Å². The summed E-state index contributed by atoms with van der Waals surface area (Å²) in [5, 5.41) is 12.4. The second-order valence-corrected chi connectivity index (χ2v) is 13.4. The van der Waals surface area contributed by atoms with Crippen LogP contribution in [0.5, 0.6) is 11.5 Å². The molecule has 1 aliphatic rings. The van der Waals surface area contributed by atoms with Gasteiger partial charge in [0.25, 0.3) is 15.9 Å². The van der Waals surface area contributed by atoms with Crippen molar-refractivity contribution in [1.29, 1.82) is 0 Å². The van der Waals surface area contributed by atoms with E-state index in [0.717, 1.165) is 11.1 Å². The van der Waals surface area contributed by atoms with Crippen molar-refractivity contribution in [3.8, 4) is 22.1 Å². The lowest BCUT2D eigenvalue weighted by Gasteiger charge is -2.35. The molecule has 208 valence electrons. The maximum absolute atomic E-state index is 13.9. The zero-order valence-corrected chi connectivity index (χ0v) is 24.6. The molecule has 0 aliphatic carbocycles. The van der Waals surface area contributed by atoms with Crippen LogP contribution in [-0.2, 0) is 20.2 Å². The molecule has 4 aromatic rings. The minimum atomic E-state index is -4.06. The first-order chi connectivity index (χ1) is 19.0. The molecule has 5 rings (SSSR count). The van der Waals surface area contributed by atoms with Crippen molar-refractivity contribution in [3.05, 3.63) is 77.3 Å². The minimum absolute atomic E-state index is 0.0678. The van der Waals surface area contributed by atoms with Gasteiger partial charge < -0.3 is 9.47 Å². The number of hydrogen-bond acceptors (Lipinski definition) is 8. The Morgan fingerprint density at radius 1 is 1.07 bits per heavy atom. The highest BCUT2D eigenvalue weighted by Crippen LogP contribution is 2.40. The van der Waals surface area contributed by atoms with Crippen LogP contribution < -0.4 is 19.1 Å². The summed E-state index contributed by atoms with van der Waals surface area (Å²) in [4.78, 5) is 13.4. The van der Waals surface area contributed by atoms with Gasteiger partial charge in [-0.25, -0.2) is 8.42 Å². The number of amides is 1. The number of nitrogens with zero attached hydrogens (tertiary/aromatic N) is 3. The molecule has 40 heavy (non-hydrogen) atoms. The van der Waals surface area contributed by atoms with Crippen LogP contribution in [0.2, 0.25) is 5.02 Å². The third-order valence-corrected chi connectivity index (χ3v) is 9.31. The highest BCUT2D eigenvalue weighted by Gasteiger charge is 2.38. The van der Waals surface area contributed by atoms with Gasteiger partial charge in [-0.05, 0) is 59.5 Å². The largest absolute Gasteiger partial charge is 0.497 e. The number of anilines is 2. The molecule has 0 spiro atoms. The quantitative estimate of drug-likeness (QED) is 0.300. The van der Waals surface area contributed by atoms with Gasteiger partial charge in [0, 0.05) is 10.6 Å². The molecular weight excluding hydrogens is 572 g/mol. The molecule has 1 atom stereocenters. The van der Waals surface area contributed by atoms with Crippen molar-refractivity contribution in [3.63, 3.8) is 0 Å². The van der Waals surface area contributed by atoms with E-state index in [-0.39, 0.29) is 27.7 Å². The highest BCUT2D eigenvalue weighted by molar-refractivity contribution is 7.92. The predicted octanol–water partition coefficient (Wildman–Crippen LogP) is 5.76. The van der Waals surface area contributed by atoms with Crippen molar-refractivity contribution in [2.45, 2.75) is 37.2 Å². The molecule has 0 fully saturated rings. The Morgan fingerprint density at radius 2 is 1.77 bits per heavy atom. The summed E-state index contributed by atoms with van der Waals surface area (Å²) in [7, 11) is -2.55. The number of carbonyl (C=O) groups is 1. The second-order valence-electron chi connectivity index (χ2n) is 10.2. The van der Waals surface area contributed by atoms with Gasteiger partial charge in [-0.1, -0.05) is 61.9 Å². The molecule has 12 heteroatoms. The van der Waals surface area contributed by atoms with Crippen molar-refractivity contribution in [2.24, 2.45) is 0 Å². The monoisotopic (exact) mass is 598 g/mol. The number of hydrogen-bond donors (Lipinski definition) is 1.